The second-order valence-corrected chi connectivity index (χ2v) is 6.91. The van der Waals surface area contributed by atoms with Crippen LogP contribution in [0, 0.1) is 0 Å². The predicted octanol–water partition coefficient (Wildman–Crippen LogP) is 1.69. The summed E-state index contributed by atoms with van der Waals surface area (Å²) in [6.07, 6.45) is -6.03. The molecule has 1 saturated heterocycles. The van der Waals surface area contributed by atoms with E-state index in [-0.39, 0.29) is 18.7 Å². The maximum absolute atomic E-state index is 12.7. The van der Waals surface area contributed by atoms with Gasteiger partial charge in [0.2, 0.25) is 0 Å². The summed E-state index contributed by atoms with van der Waals surface area (Å²) in [7, 11) is 0. The van der Waals surface area contributed by atoms with Crippen molar-refractivity contribution in [2.24, 2.45) is 0 Å². The molecule has 0 aromatic heterocycles. The number of aliphatic hydroxyl groups excluding tert-OH is 3. The summed E-state index contributed by atoms with van der Waals surface area (Å²) in [6.45, 7) is 0.522. The summed E-state index contributed by atoms with van der Waals surface area (Å²) in [5.41, 5.74) is 1.56. The first kappa shape index (κ1) is 20.8. The zero-order valence-electron chi connectivity index (χ0n) is 15.0. The van der Waals surface area contributed by atoms with Gasteiger partial charge in [0.1, 0.15) is 0 Å². The summed E-state index contributed by atoms with van der Waals surface area (Å²) in [6, 6.07) is 11.5. The van der Waals surface area contributed by atoms with Crippen molar-refractivity contribution in [2.75, 3.05) is 19.7 Å². The number of rotatable bonds is 6. The number of benzene rings is 2. The van der Waals surface area contributed by atoms with Crippen LogP contribution in [-0.2, 0) is 6.18 Å². The van der Waals surface area contributed by atoms with Crippen molar-refractivity contribution in [1.29, 1.82) is 0 Å². The van der Waals surface area contributed by atoms with Crippen molar-refractivity contribution in [3.05, 3.63) is 59.7 Å². The van der Waals surface area contributed by atoms with Gasteiger partial charge in [-0.2, -0.15) is 13.2 Å². The van der Waals surface area contributed by atoms with Crippen LogP contribution in [0.2, 0.25) is 0 Å². The SMILES string of the molecule is OC[C@H](NC[C@H]1NC[C@H](O)[C@@H]1O)c1ccc(-c2ccc(C(F)(F)F)cc2)cc1. The molecular weight excluding hydrogens is 373 g/mol. The van der Waals surface area contributed by atoms with Crippen molar-refractivity contribution in [2.45, 2.75) is 30.5 Å². The minimum Gasteiger partial charge on any atom is -0.394 e. The van der Waals surface area contributed by atoms with Crippen LogP contribution in [0.15, 0.2) is 48.5 Å². The van der Waals surface area contributed by atoms with Crippen LogP contribution < -0.4 is 10.6 Å². The van der Waals surface area contributed by atoms with E-state index in [1.807, 2.05) is 0 Å². The van der Waals surface area contributed by atoms with Crippen LogP contribution in [0.1, 0.15) is 17.2 Å². The summed E-state index contributed by atoms with van der Waals surface area (Å²) < 4.78 is 38.0. The second-order valence-electron chi connectivity index (χ2n) is 6.91. The maximum atomic E-state index is 12.7. The Kier molecular flexibility index (Phi) is 6.36. The van der Waals surface area contributed by atoms with Gasteiger partial charge in [0, 0.05) is 19.1 Å². The standard InChI is InChI=1S/C20H23F3N2O3/c21-20(22,23)15-7-5-13(6-8-15)12-1-3-14(4-2-12)17(11-26)24-9-16-19(28)18(27)10-25-16/h1-8,16-19,24-28H,9-11H2/t16-,17+,18+,19-/m1/s1. The van der Waals surface area contributed by atoms with E-state index >= 15 is 0 Å². The van der Waals surface area contributed by atoms with Crippen LogP contribution in [0.3, 0.4) is 0 Å². The van der Waals surface area contributed by atoms with Crippen molar-refractivity contribution < 1.29 is 28.5 Å². The van der Waals surface area contributed by atoms with Gasteiger partial charge >= 0.3 is 6.18 Å². The lowest BCUT2D eigenvalue weighted by Crippen LogP contribution is -2.43. The molecule has 0 spiro atoms. The number of β-amino-alcohol motifs (C(OH)–C–C–N with tert-alkyl or cyclic N) is 1. The molecule has 2 aromatic rings. The van der Waals surface area contributed by atoms with Crippen molar-refractivity contribution >= 4 is 0 Å². The van der Waals surface area contributed by atoms with E-state index in [0.717, 1.165) is 23.3 Å². The third-order valence-corrected chi connectivity index (χ3v) is 5.02. The number of aliphatic hydroxyl groups is 3. The molecule has 5 N–H and O–H groups in total. The van der Waals surface area contributed by atoms with Crippen molar-refractivity contribution in [3.63, 3.8) is 0 Å². The van der Waals surface area contributed by atoms with Gasteiger partial charge in [0.05, 0.1) is 30.4 Å². The Morgan fingerprint density at radius 3 is 2.04 bits per heavy atom. The molecule has 0 radical (unpaired) electrons. The van der Waals surface area contributed by atoms with Gasteiger partial charge in [-0.3, -0.25) is 0 Å². The molecule has 3 rings (SSSR count). The molecule has 0 amide bonds. The van der Waals surface area contributed by atoms with E-state index in [1.165, 1.54) is 12.1 Å². The first-order chi connectivity index (χ1) is 13.3. The normalized spacial score (nSPS) is 23.7. The fourth-order valence-corrected chi connectivity index (χ4v) is 3.29. The number of alkyl halides is 3. The lowest BCUT2D eigenvalue weighted by molar-refractivity contribution is -0.137. The molecule has 8 heteroatoms. The highest BCUT2D eigenvalue weighted by molar-refractivity contribution is 5.64. The fraction of sp³-hybridized carbons (Fsp3) is 0.400. The highest BCUT2D eigenvalue weighted by Crippen LogP contribution is 2.31. The Hall–Kier alpha value is -1.97. The zero-order chi connectivity index (χ0) is 20.3. The maximum Gasteiger partial charge on any atom is 0.416 e. The van der Waals surface area contributed by atoms with Gasteiger partial charge in [0.25, 0.3) is 0 Å². The monoisotopic (exact) mass is 396 g/mol. The highest BCUT2D eigenvalue weighted by Gasteiger charge is 2.33. The van der Waals surface area contributed by atoms with Crippen LogP contribution in [-0.4, -0.2) is 53.3 Å². The summed E-state index contributed by atoms with van der Waals surface area (Å²) in [5, 5.41) is 35.2. The van der Waals surface area contributed by atoms with Crippen LogP contribution in [0.25, 0.3) is 11.1 Å². The van der Waals surface area contributed by atoms with E-state index in [4.69, 9.17) is 0 Å². The molecule has 2 aromatic carbocycles. The van der Waals surface area contributed by atoms with E-state index in [1.54, 1.807) is 24.3 Å². The molecule has 0 saturated carbocycles. The molecule has 1 aliphatic heterocycles. The lowest BCUT2D eigenvalue weighted by atomic mass is 9.99. The molecule has 4 atom stereocenters. The topological polar surface area (TPSA) is 84.8 Å². The van der Waals surface area contributed by atoms with Gasteiger partial charge in [-0.05, 0) is 28.8 Å². The van der Waals surface area contributed by atoms with Crippen LogP contribution in [0.5, 0.6) is 0 Å². The number of halogens is 3. The lowest BCUT2D eigenvalue weighted by Gasteiger charge is -2.22. The number of nitrogens with one attached hydrogen (secondary N) is 2. The second kappa shape index (κ2) is 8.59. The van der Waals surface area contributed by atoms with E-state index in [9.17, 15) is 28.5 Å². The van der Waals surface area contributed by atoms with Crippen molar-refractivity contribution in [3.8, 4) is 11.1 Å². The Bertz CT molecular complexity index is 766. The molecule has 1 heterocycles. The smallest absolute Gasteiger partial charge is 0.394 e. The zero-order valence-corrected chi connectivity index (χ0v) is 15.0. The molecule has 0 aliphatic carbocycles. The minimum absolute atomic E-state index is 0.162. The largest absolute Gasteiger partial charge is 0.416 e. The third kappa shape index (κ3) is 4.71. The molecule has 0 bridgehead atoms. The number of hydrogen-bond acceptors (Lipinski definition) is 5. The summed E-state index contributed by atoms with van der Waals surface area (Å²) in [4.78, 5) is 0. The van der Waals surface area contributed by atoms with Gasteiger partial charge < -0.3 is 26.0 Å². The van der Waals surface area contributed by atoms with Crippen molar-refractivity contribution in [1.82, 2.24) is 10.6 Å². The minimum atomic E-state index is -4.36. The Morgan fingerprint density at radius 1 is 1.00 bits per heavy atom. The van der Waals surface area contributed by atoms with Crippen LogP contribution >= 0.6 is 0 Å². The van der Waals surface area contributed by atoms with Gasteiger partial charge in [0.15, 0.2) is 0 Å². The van der Waals surface area contributed by atoms with Gasteiger partial charge in [-0.15, -0.1) is 0 Å². The highest BCUT2D eigenvalue weighted by atomic mass is 19.4. The van der Waals surface area contributed by atoms with E-state index in [2.05, 4.69) is 10.6 Å². The first-order valence-corrected chi connectivity index (χ1v) is 9.01. The predicted molar refractivity (Wildman–Crippen MR) is 98.5 cm³/mol. The van der Waals surface area contributed by atoms with Crippen LogP contribution in [0.4, 0.5) is 13.2 Å². The third-order valence-electron chi connectivity index (χ3n) is 5.02. The molecule has 1 fully saturated rings. The Balaban J connectivity index is 1.65. The molecule has 1 aliphatic rings. The Labute approximate surface area is 160 Å². The molecule has 5 nitrogen and oxygen atoms in total. The Morgan fingerprint density at radius 2 is 1.57 bits per heavy atom. The molecular formula is C20H23F3N2O3. The molecule has 28 heavy (non-hydrogen) atoms. The van der Waals surface area contributed by atoms with E-state index < -0.39 is 23.9 Å². The molecule has 0 unspecified atom stereocenters. The average molecular weight is 396 g/mol. The average Bonchev–Trinajstić information content (AvgIpc) is 3.00. The van der Waals surface area contributed by atoms with Gasteiger partial charge in [-0.25, -0.2) is 0 Å². The fourth-order valence-electron chi connectivity index (χ4n) is 3.29. The number of hydrogen-bond donors (Lipinski definition) is 5. The summed E-state index contributed by atoms with van der Waals surface area (Å²) in [5.74, 6) is 0. The first-order valence-electron chi connectivity index (χ1n) is 9.01. The summed E-state index contributed by atoms with van der Waals surface area (Å²) >= 11 is 0. The quantitative estimate of drug-likeness (QED) is 0.513. The molecule has 152 valence electrons. The van der Waals surface area contributed by atoms with E-state index in [0.29, 0.717) is 18.7 Å². The van der Waals surface area contributed by atoms with Gasteiger partial charge in [-0.1, -0.05) is 36.4 Å².